The molecule has 0 unspecified atom stereocenters. The maximum absolute atomic E-state index is 12.6. The van der Waals surface area contributed by atoms with Gasteiger partial charge in [-0.2, -0.15) is 0 Å². The molecule has 0 saturated heterocycles. The van der Waals surface area contributed by atoms with E-state index in [0.717, 1.165) is 4.70 Å². The summed E-state index contributed by atoms with van der Waals surface area (Å²) >= 11 is 1.23. The highest BCUT2D eigenvalue weighted by Gasteiger charge is 2.15. The zero-order chi connectivity index (χ0) is 22.7. The summed E-state index contributed by atoms with van der Waals surface area (Å²) in [6, 6.07) is 19.0. The third kappa shape index (κ3) is 4.61. The van der Waals surface area contributed by atoms with Gasteiger partial charge in [-0.05, 0) is 54.6 Å². The Kier molecular flexibility index (Phi) is 5.89. The molecule has 4 aromatic rings. The number of anilines is 2. The molecule has 0 aliphatic carbocycles. The molecule has 0 saturated carbocycles. The summed E-state index contributed by atoms with van der Waals surface area (Å²) in [5.41, 5.74) is 1.71. The summed E-state index contributed by atoms with van der Waals surface area (Å²) in [7, 11) is -2.41. The second-order valence-electron chi connectivity index (χ2n) is 6.64. The lowest BCUT2D eigenvalue weighted by atomic mass is 10.2. The molecule has 0 aliphatic heterocycles. The second-order valence-corrected chi connectivity index (χ2v) is 9.36. The van der Waals surface area contributed by atoms with Crippen molar-refractivity contribution in [2.24, 2.45) is 0 Å². The number of hydrogen-bond donors (Lipinski definition) is 2. The van der Waals surface area contributed by atoms with Gasteiger partial charge in [0.1, 0.15) is 0 Å². The normalized spacial score (nSPS) is 11.2. The minimum Gasteiger partial charge on any atom is -0.465 e. The van der Waals surface area contributed by atoms with Gasteiger partial charge in [-0.1, -0.05) is 29.5 Å². The first-order valence-corrected chi connectivity index (χ1v) is 11.6. The van der Waals surface area contributed by atoms with Crippen LogP contribution in [0.2, 0.25) is 0 Å². The standard InChI is InChI=1S/C22H17N3O5S2/c1-30-21(27)15-9-12-18-19(13-15)31-22(23-18)24-20(26)14-7-10-16(11-8-14)25-32(28,29)17-5-3-2-4-6-17/h2-13,25H,1H3,(H,23,24,26). The minimum absolute atomic E-state index is 0.146. The average Bonchev–Trinajstić information content (AvgIpc) is 3.20. The highest BCUT2D eigenvalue weighted by Crippen LogP contribution is 2.27. The van der Waals surface area contributed by atoms with Crippen LogP contribution in [0.3, 0.4) is 0 Å². The van der Waals surface area contributed by atoms with Crippen LogP contribution in [-0.2, 0) is 14.8 Å². The molecule has 0 atom stereocenters. The van der Waals surface area contributed by atoms with Gasteiger partial charge in [-0.3, -0.25) is 14.8 Å². The van der Waals surface area contributed by atoms with Crippen LogP contribution in [-0.4, -0.2) is 32.4 Å². The fraction of sp³-hybridized carbons (Fsp3) is 0.0455. The van der Waals surface area contributed by atoms with E-state index in [0.29, 0.717) is 27.5 Å². The van der Waals surface area contributed by atoms with Crippen molar-refractivity contribution < 1.29 is 22.7 Å². The van der Waals surface area contributed by atoms with Crippen LogP contribution in [0.15, 0.2) is 77.7 Å². The van der Waals surface area contributed by atoms with E-state index in [1.54, 1.807) is 36.4 Å². The van der Waals surface area contributed by atoms with E-state index in [1.165, 1.54) is 54.8 Å². The van der Waals surface area contributed by atoms with Crippen molar-refractivity contribution in [3.63, 3.8) is 0 Å². The average molecular weight is 468 g/mol. The number of benzene rings is 3. The number of hydrogen-bond acceptors (Lipinski definition) is 7. The molecule has 0 spiro atoms. The molecule has 1 heterocycles. The van der Waals surface area contributed by atoms with E-state index < -0.39 is 21.9 Å². The van der Waals surface area contributed by atoms with E-state index in [9.17, 15) is 18.0 Å². The van der Waals surface area contributed by atoms with E-state index in [-0.39, 0.29) is 4.90 Å². The number of carbonyl (C=O) groups is 2. The Hall–Kier alpha value is -3.76. The monoisotopic (exact) mass is 467 g/mol. The Bertz CT molecular complexity index is 1400. The van der Waals surface area contributed by atoms with E-state index in [2.05, 4.69) is 15.0 Å². The predicted molar refractivity (Wildman–Crippen MR) is 123 cm³/mol. The van der Waals surface area contributed by atoms with Crippen molar-refractivity contribution in [3.05, 3.63) is 83.9 Å². The lowest BCUT2D eigenvalue weighted by molar-refractivity contribution is 0.0600. The van der Waals surface area contributed by atoms with Gasteiger partial charge in [0.25, 0.3) is 15.9 Å². The zero-order valence-electron chi connectivity index (χ0n) is 16.7. The van der Waals surface area contributed by atoms with E-state index >= 15 is 0 Å². The number of ether oxygens (including phenoxy) is 1. The third-order valence-electron chi connectivity index (χ3n) is 4.48. The van der Waals surface area contributed by atoms with Gasteiger partial charge in [-0.25, -0.2) is 18.2 Å². The number of rotatable bonds is 6. The Morgan fingerprint density at radius 3 is 2.31 bits per heavy atom. The molecule has 0 bridgehead atoms. The number of sulfonamides is 1. The van der Waals surface area contributed by atoms with Crippen LogP contribution in [0.25, 0.3) is 10.2 Å². The van der Waals surface area contributed by atoms with Gasteiger partial charge in [0.05, 0.1) is 27.8 Å². The molecule has 10 heteroatoms. The Labute approximate surface area is 187 Å². The van der Waals surface area contributed by atoms with Gasteiger partial charge >= 0.3 is 5.97 Å². The van der Waals surface area contributed by atoms with Gasteiger partial charge in [0.15, 0.2) is 5.13 Å². The van der Waals surface area contributed by atoms with Crippen LogP contribution in [0, 0.1) is 0 Å². The van der Waals surface area contributed by atoms with Gasteiger partial charge in [-0.15, -0.1) is 0 Å². The fourth-order valence-corrected chi connectivity index (χ4v) is 4.88. The Morgan fingerprint density at radius 1 is 0.938 bits per heavy atom. The molecule has 1 aromatic heterocycles. The zero-order valence-corrected chi connectivity index (χ0v) is 18.4. The maximum Gasteiger partial charge on any atom is 0.337 e. The number of amides is 1. The number of carbonyl (C=O) groups excluding carboxylic acids is 2. The number of esters is 1. The molecule has 2 N–H and O–H groups in total. The first-order chi connectivity index (χ1) is 15.4. The van der Waals surface area contributed by atoms with Crippen LogP contribution in [0.4, 0.5) is 10.8 Å². The smallest absolute Gasteiger partial charge is 0.337 e. The van der Waals surface area contributed by atoms with Crippen molar-refractivity contribution in [1.29, 1.82) is 0 Å². The summed E-state index contributed by atoms with van der Waals surface area (Å²) in [5.74, 6) is -0.844. The lowest BCUT2D eigenvalue weighted by Gasteiger charge is -2.08. The van der Waals surface area contributed by atoms with Gasteiger partial charge in [0.2, 0.25) is 0 Å². The SMILES string of the molecule is COC(=O)c1ccc2nc(NC(=O)c3ccc(NS(=O)(=O)c4ccccc4)cc3)sc2c1. The molecule has 3 aromatic carbocycles. The van der Waals surface area contributed by atoms with Crippen molar-refractivity contribution in [3.8, 4) is 0 Å². The van der Waals surface area contributed by atoms with Crippen LogP contribution in [0.1, 0.15) is 20.7 Å². The second kappa shape index (κ2) is 8.77. The maximum atomic E-state index is 12.6. The number of aromatic nitrogens is 1. The highest BCUT2D eigenvalue weighted by molar-refractivity contribution is 7.92. The number of methoxy groups -OCH3 is 1. The van der Waals surface area contributed by atoms with Crippen LogP contribution in [0.5, 0.6) is 0 Å². The largest absolute Gasteiger partial charge is 0.465 e. The predicted octanol–water partition coefficient (Wildman–Crippen LogP) is 4.14. The van der Waals surface area contributed by atoms with Crippen molar-refractivity contribution >= 4 is 54.3 Å². The topological polar surface area (TPSA) is 114 Å². The molecule has 32 heavy (non-hydrogen) atoms. The molecular weight excluding hydrogens is 450 g/mol. The first-order valence-electron chi connectivity index (χ1n) is 9.34. The summed E-state index contributed by atoms with van der Waals surface area (Å²) < 4.78 is 32.7. The van der Waals surface area contributed by atoms with E-state index in [4.69, 9.17) is 4.74 Å². The van der Waals surface area contributed by atoms with E-state index in [1.807, 2.05) is 0 Å². The minimum atomic E-state index is -3.71. The third-order valence-corrected chi connectivity index (χ3v) is 6.81. The summed E-state index contributed by atoms with van der Waals surface area (Å²) in [4.78, 5) is 28.7. The number of nitrogens with zero attached hydrogens (tertiary/aromatic N) is 1. The summed E-state index contributed by atoms with van der Waals surface area (Å²) in [6.07, 6.45) is 0. The molecule has 0 fully saturated rings. The highest BCUT2D eigenvalue weighted by atomic mass is 32.2. The fourth-order valence-electron chi connectivity index (χ4n) is 2.90. The van der Waals surface area contributed by atoms with Crippen molar-refractivity contribution in [2.75, 3.05) is 17.1 Å². The molecule has 0 aliphatic rings. The quantitative estimate of drug-likeness (QED) is 0.412. The Balaban J connectivity index is 1.46. The molecule has 0 radical (unpaired) electrons. The van der Waals surface area contributed by atoms with Gasteiger partial charge in [0, 0.05) is 11.3 Å². The lowest BCUT2D eigenvalue weighted by Crippen LogP contribution is -2.14. The Morgan fingerprint density at radius 2 is 1.62 bits per heavy atom. The summed E-state index contributed by atoms with van der Waals surface area (Å²) in [6.45, 7) is 0. The van der Waals surface area contributed by atoms with Crippen LogP contribution >= 0.6 is 11.3 Å². The number of thiazole rings is 1. The molecule has 162 valence electrons. The molecule has 1 amide bonds. The first kappa shape index (κ1) is 21.5. The number of nitrogens with one attached hydrogen (secondary N) is 2. The van der Waals surface area contributed by atoms with Crippen LogP contribution < -0.4 is 10.0 Å². The number of fused-ring (bicyclic) bond motifs is 1. The molecule has 4 rings (SSSR count). The molecular formula is C22H17N3O5S2. The summed E-state index contributed by atoms with van der Waals surface area (Å²) in [5, 5.41) is 3.09. The van der Waals surface area contributed by atoms with Crippen molar-refractivity contribution in [2.45, 2.75) is 4.90 Å². The van der Waals surface area contributed by atoms with Crippen molar-refractivity contribution in [1.82, 2.24) is 4.98 Å². The van der Waals surface area contributed by atoms with Gasteiger partial charge < -0.3 is 4.74 Å². The molecule has 8 nitrogen and oxygen atoms in total.